The molecule has 3 N–H and O–H groups in total. The highest BCUT2D eigenvalue weighted by Gasteiger charge is 2.19. The molecule has 2 amide bonds. The standard InChI is InChI=1S/C17H19ClN2O3/c1-11(20(22)17(19)21)14-8-9-16(15(18)10-14)23-12(2)13-6-4-3-5-7-13/h3-12,22H,1-2H3,(H2,19,21). The predicted molar refractivity (Wildman–Crippen MR) is 88.6 cm³/mol. The Morgan fingerprint density at radius 3 is 2.39 bits per heavy atom. The summed E-state index contributed by atoms with van der Waals surface area (Å²) in [4.78, 5) is 11.0. The van der Waals surface area contributed by atoms with Gasteiger partial charge in [-0.25, -0.2) is 4.79 Å². The molecule has 2 aromatic rings. The number of carbonyl (C=O) groups is 1. The number of carbonyl (C=O) groups excluding carboxylic acids is 1. The molecule has 0 aliphatic heterocycles. The number of hydroxylamine groups is 2. The number of hydrogen-bond acceptors (Lipinski definition) is 3. The SMILES string of the molecule is CC(Oc1ccc(C(C)N(O)C(N)=O)cc1Cl)c1ccccc1. The molecular weight excluding hydrogens is 316 g/mol. The lowest BCUT2D eigenvalue weighted by molar-refractivity contribution is -0.0710. The van der Waals surface area contributed by atoms with Gasteiger partial charge in [0.05, 0.1) is 11.1 Å². The van der Waals surface area contributed by atoms with Crippen molar-refractivity contribution < 1.29 is 14.7 Å². The lowest BCUT2D eigenvalue weighted by Crippen LogP contribution is -2.34. The number of ether oxygens (including phenoxy) is 1. The summed E-state index contributed by atoms with van der Waals surface area (Å²) in [6, 6.07) is 13.3. The highest BCUT2D eigenvalue weighted by atomic mass is 35.5. The second-order valence-electron chi connectivity index (χ2n) is 5.22. The minimum Gasteiger partial charge on any atom is -0.484 e. The summed E-state index contributed by atoms with van der Waals surface area (Å²) in [6.45, 7) is 3.58. The first-order valence-electron chi connectivity index (χ1n) is 7.18. The summed E-state index contributed by atoms with van der Waals surface area (Å²) in [7, 11) is 0. The second-order valence-corrected chi connectivity index (χ2v) is 5.63. The molecule has 0 fully saturated rings. The van der Waals surface area contributed by atoms with Crippen LogP contribution in [0.15, 0.2) is 48.5 Å². The highest BCUT2D eigenvalue weighted by molar-refractivity contribution is 6.32. The Morgan fingerprint density at radius 1 is 1.17 bits per heavy atom. The molecule has 2 unspecified atom stereocenters. The van der Waals surface area contributed by atoms with E-state index in [0.717, 1.165) is 5.56 Å². The smallest absolute Gasteiger partial charge is 0.339 e. The van der Waals surface area contributed by atoms with Crippen molar-refractivity contribution in [2.45, 2.75) is 26.0 Å². The van der Waals surface area contributed by atoms with Crippen molar-refractivity contribution in [3.8, 4) is 5.75 Å². The van der Waals surface area contributed by atoms with Gasteiger partial charge in [0.2, 0.25) is 0 Å². The fourth-order valence-corrected chi connectivity index (χ4v) is 2.42. The van der Waals surface area contributed by atoms with E-state index in [2.05, 4.69) is 0 Å². The Bertz CT molecular complexity index is 679. The van der Waals surface area contributed by atoms with Gasteiger partial charge in [-0.1, -0.05) is 48.0 Å². The zero-order valence-corrected chi connectivity index (χ0v) is 13.7. The third-order valence-corrected chi connectivity index (χ3v) is 3.90. The maximum atomic E-state index is 11.0. The minimum atomic E-state index is -0.924. The van der Waals surface area contributed by atoms with Crippen molar-refractivity contribution in [1.82, 2.24) is 5.06 Å². The molecule has 2 rings (SSSR count). The van der Waals surface area contributed by atoms with Crippen molar-refractivity contribution in [2.75, 3.05) is 0 Å². The van der Waals surface area contributed by atoms with Crippen LogP contribution in [0.2, 0.25) is 5.02 Å². The Labute approximate surface area is 140 Å². The number of nitrogens with zero attached hydrogens (tertiary/aromatic N) is 1. The van der Waals surface area contributed by atoms with Crippen LogP contribution in [-0.2, 0) is 0 Å². The van der Waals surface area contributed by atoms with Crippen LogP contribution in [-0.4, -0.2) is 16.3 Å². The van der Waals surface area contributed by atoms with Gasteiger partial charge in [0.15, 0.2) is 0 Å². The molecule has 0 aliphatic carbocycles. The van der Waals surface area contributed by atoms with Crippen LogP contribution in [0.1, 0.15) is 37.1 Å². The fraction of sp³-hybridized carbons (Fsp3) is 0.235. The molecule has 0 radical (unpaired) electrons. The molecule has 5 nitrogen and oxygen atoms in total. The van der Waals surface area contributed by atoms with Crippen LogP contribution in [0.4, 0.5) is 4.79 Å². The van der Waals surface area contributed by atoms with Gasteiger partial charge >= 0.3 is 6.03 Å². The Kier molecular flexibility index (Phi) is 5.47. The van der Waals surface area contributed by atoms with E-state index < -0.39 is 12.1 Å². The molecule has 0 heterocycles. The van der Waals surface area contributed by atoms with Crippen LogP contribution >= 0.6 is 11.6 Å². The molecule has 122 valence electrons. The zero-order valence-electron chi connectivity index (χ0n) is 12.9. The van der Waals surface area contributed by atoms with Crippen molar-refractivity contribution >= 4 is 17.6 Å². The highest BCUT2D eigenvalue weighted by Crippen LogP contribution is 2.32. The molecular formula is C17H19ClN2O3. The molecule has 0 aromatic heterocycles. The minimum absolute atomic E-state index is 0.156. The molecule has 0 bridgehead atoms. The van der Waals surface area contributed by atoms with Gasteiger partial charge in [-0.2, -0.15) is 5.06 Å². The van der Waals surface area contributed by atoms with Gasteiger partial charge in [0, 0.05) is 0 Å². The van der Waals surface area contributed by atoms with Crippen LogP contribution in [0.5, 0.6) is 5.75 Å². The Morgan fingerprint density at radius 2 is 1.83 bits per heavy atom. The average molecular weight is 335 g/mol. The van der Waals surface area contributed by atoms with Gasteiger partial charge in [0.25, 0.3) is 0 Å². The first-order valence-corrected chi connectivity index (χ1v) is 7.56. The first kappa shape index (κ1) is 17.1. The topological polar surface area (TPSA) is 75.8 Å². The predicted octanol–water partition coefficient (Wildman–Crippen LogP) is 4.31. The zero-order chi connectivity index (χ0) is 17.0. The van der Waals surface area contributed by atoms with Crippen LogP contribution in [0.3, 0.4) is 0 Å². The quantitative estimate of drug-likeness (QED) is 0.632. The van der Waals surface area contributed by atoms with Crippen LogP contribution in [0.25, 0.3) is 0 Å². The number of urea groups is 1. The van der Waals surface area contributed by atoms with E-state index >= 15 is 0 Å². The third-order valence-electron chi connectivity index (χ3n) is 3.60. The van der Waals surface area contributed by atoms with Crippen molar-refractivity contribution in [1.29, 1.82) is 0 Å². The number of rotatable bonds is 5. The van der Waals surface area contributed by atoms with Crippen molar-refractivity contribution in [3.63, 3.8) is 0 Å². The number of hydrogen-bond donors (Lipinski definition) is 2. The summed E-state index contributed by atoms with van der Waals surface area (Å²) in [5.41, 5.74) is 6.74. The van der Waals surface area contributed by atoms with E-state index in [1.807, 2.05) is 37.3 Å². The monoisotopic (exact) mass is 334 g/mol. The van der Waals surface area contributed by atoms with Gasteiger partial charge in [-0.3, -0.25) is 5.21 Å². The molecule has 0 aliphatic rings. The van der Waals surface area contributed by atoms with E-state index in [0.29, 0.717) is 21.4 Å². The van der Waals surface area contributed by atoms with E-state index in [4.69, 9.17) is 22.1 Å². The van der Waals surface area contributed by atoms with Crippen LogP contribution in [0, 0.1) is 0 Å². The molecule has 2 atom stereocenters. The summed E-state index contributed by atoms with van der Waals surface area (Å²) in [5.74, 6) is 0.530. The lowest BCUT2D eigenvalue weighted by atomic mass is 10.1. The van der Waals surface area contributed by atoms with E-state index in [9.17, 15) is 10.0 Å². The van der Waals surface area contributed by atoms with E-state index in [-0.39, 0.29) is 6.10 Å². The molecule has 0 saturated heterocycles. The molecule has 6 heteroatoms. The molecule has 23 heavy (non-hydrogen) atoms. The second kappa shape index (κ2) is 7.35. The van der Waals surface area contributed by atoms with Gasteiger partial charge in [-0.05, 0) is 37.1 Å². The third kappa shape index (κ3) is 4.15. The summed E-state index contributed by atoms with van der Waals surface area (Å²) in [5, 5.41) is 10.4. The van der Waals surface area contributed by atoms with E-state index in [1.54, 1.807) is 25.1 Å². The molecule has 0 saturated carbocycles. The number of benzene rings is 2. The molecule has 2 aromatic carbocycles. The largest absolute Gasteiger partial charge is 0.484 e. The summed E-state index contributed by atoms with van der Waals surface area (Å²) < 4.78 is 5.87. The van der Waals surface area contributed by atoms with Gasteiger partial charge < -0.3 is 10.5 Å². The van der Waals surface area contributed by atoms with Crippen LogP contribution < -0.4 is 10.5 Å². The number of primary amides is 1. The maximum Gasteiger partial charge on any atom is 0.339 e. The number of amides is 2. The fourth-order valence-electron chi connectivity index (χ4n) is 2.19. The van der Waals surface area contributed by atoms with Crippen molar-refractivity contribution in [3.05, 3.63) is 64.7 Å². The Balaban J connectivity index is 2.15. The Hall–Kier alpha value is -2.24. The maximum absolute atomic E-state index is 11.0. The first-order chi connectivity index (χ1) is 10.9. The summed E-state index contributed by atoms with van der Waals surface area (Å²) >= 11 is 6.25. The van der Waals surface area contributed by atoms with Gasteiger partial charge in [0.1, 0.15) is 11.9 Å². The summed E-state index contributed by atoms with van der Waals surface area (Å²) in [6.07, 6.45) is -0.156. The lowest BCUT2D eigenvalue weighted by Gasteiger charge is -2.22. The van der Waals surface area contributed by atoms with Gasteiger partial charge in [-0.15, -0.1) is 0 Å². The van der Waals surface area contributed by atoms with E-state index in [1.165, 1.54) is 0 Å². The normalized spacial score (nSPS) is 13.2. The molecule has 0 spiro atoms. The van der Waals surface area contributed by atoms with Crippen molar-refractivity contribution in [2.24, 2.45) is 5.73 Å². The number of nitrogens with two attached hydrogens (primary N) is 1. The number of halogens is 1. The average Bonchev–Trinajstić information content (AvgIpc) is 2.55.